The zero-order valence-electron chi connectivity index (χ0n) is 17.6. The highest BCUT2D eigenvalue weighted by atomic mass is 32.2. The molecule has 2 aromatic rings. The van der Waals surface area contributed by atoms with Crippen molar-refractivity contribution in [1.82, 2.24) is 0 Å². The Morgan fingerprint density at radius 2 is 2.00 bits per heavy atom. The van der Waals surface area contributed by atoms with Crippen molar-refractivity contribution < 1.29 is 27.5 Å². The molecule has 0 saturated carbocycles. The zero-order chi connectivity index (χ0) is 23.0. The maximum Gasteiger partial charge on any atom is 0.338 e. The third-order valence-electron chi connectivity index (χ3n) is 4.97. The van der Waals surface area contributed by atoms with E-state index < -0.39 is 28.0 Å². The summed E-state index contributed by atoms with van der Waals surface area (Å²) in [6.45, 7) is 3.68. The van der Waals surface area contributed by atoms with E-state index in [9.17, 15) is 18.0 Å². The lowest BCUT2D eigenvalue weighted by Crippen LogP contribution is -2.35. The van der Waals surface area contributed by atoms with Crippen LogP contribution < -0.4 is 15.0 Å². The smallest absolute Gasteiger partial charge is 0.338 e. The number of anilines is 2. The number of hydrogen-bond acceptors (Lipinski definition) is 8. The van der Waals surface area contributed by atoms with E-state index in [1.807, 2.05) is 17.9 Å². The van der Waals surface area contributed by atoms with Gasteiger partial charge < -0.3 is 19.7 Å². The number of nitrogens with one attached hydrogen (secondary N) is 1. The SMILES string of the molecule is COc1ccc(C)cc1NC(=O)C(C)OC(=O)c1ccc2c(c1)SC1=NS(=O)(=O)CCN12. The number of esters is 1. The Hall–Kier alpha value is -3.05. The van der Waals surface area contributed by atoms with Gasteiger partial charge in [0.05, 0.1) is 29.8 Å². The van der Waals surface area contributed by atoms with Crippen LogP contribution >= 0.6 is 11.8 Å². The fraction of sp³-hybridized carbons (Fsp3) is 0.286. The van der Waals surface area contributed by atoms with E-state index in [1.54, 1.807) is 30.3 Å². The van der Waals surface area contributed by atoms with Crippen LogP contribution in [0.4, 0.5) is 11.4 Å². The molecule has 2 aliphatic rings. The number of nitrogens with zero attached hydrogens (tertiary/aromatic N) is 2. The Labute approximate surface area is 189 Å². The first-order chi connectivity index (χ1) is 15.2. The van der Waals surface area contributed by atoms with Crippen molar-refractivity contribution in [3.05, 3.63) is 47.5 Å². The summed E-state index contributed by atoms with van der Waals surface area (Å²) in [5.41, 5.74) is 2.47. The molecular weight excluding hydrogens is 454 g/mol. The molecule has 1 N–H and O–H groups in total. The average molecular weight is 476 g/mol. The molecule has 0 bridgehead atoms. The van der Waals surface area contributed by atoms with Gasteiger partial charge in [-0.15, -0.1) is 4.40 Å². The lowest BCUT2D eigenvalue weighted by Gasteiger charge is -2.22. The van der Waals surface area contributed by atoms with E-state index in [1.165, 1.54) is 25.8 Å². The highest BCUT2D eigenvalue weighted by Gasteiger charge is 2.33. The largest absolute Gasteiger partial charge is 0.495 e. The van der Waals surface area contributed by atoms with Gasteiger partial charge in [-0.2, -0.15) is 0 Å². The minimum absolute atomic E-state index is 0.0569. The quantitative estimate of drug-likeness (QED) is 0.657. The fourth-order valence-corrected chi connectivity index (χ4v) is 5.59. The molecule has 168 valence electrons. The van der Waals surface area contributed by atoms with Crippen LogP contribution in [-0.4, -0.2) is 51.0 Å². The van der Waals surface area contributed by atoms with E-state index in [4.69, 9.17) is 9.47 Å². The molecule has 0 saturated heterocycles. The summed E-state index contributed by atoms with van der Waals surface area (Å²) >= 11 is 1.18. The number of sulfonamides is 1. The standard InChI is InChI=1S/C21H21N3O6S2/c1-12-4-7-17(29-3)15(10-12)22-19(25)13(2)30-20(26)14-5-6-16-18(11-14)31-21-23-32(27,28)9-8-24(16)21/h4-7,10-11,13H,8-9H2,1-3H3,(H,22,25). The van der Waals surface area contributed by atoms with Gasteiger partial charge in [0.1, 0.15) is 5.75 Å². The zero-order valence-corrected chi connectivity index (χ0v) is 19.2. The first-order valence-electron chi connectivity index (χ1n) is 9.75. The number of ether oxygens (including phenoxy) is 2. The molecule has 2 heterocycles. The molecule has 9 nitrogen and oxygen atoms in total. The number of amidine groups is 1. The van der Waals surface area contributed by atoms with Crippen molar-refractivity contribution in [3.8, 4) is 5.75 Å². The molecule has 1 atom stereocenters. The molecule has 2 aromatic carbocycles. The Kier molecular flexibility index (Phi) is 5.87. The average Bonchev–Trinajstić information content (AvgIpc) is 3.09. The van der Waals surface area contributed by atoms with Crippen molar-refractivity contribution in [2.45, 2.75) is 24.8 Å². The summed E-state index contributed by atoms with van der Waals surface area (Å²) in [6, 6.07) is 10.3. The molecule has 0 fully saturated rings. The number of aryl methyl sites for hydroxylation is 1. The lowest BCUT2D eigenvalue weighted by atomic mass is 10.2. The van der Waals surface area contributed by atoms with Crippen LogP contribution in [0.1, 0.15) is 22.8 Å². The molecule has 2 aliphatic heterocycles. The number of carbonyl (C=O) groups excluding carboxylic acids is 2. The van der Waals surface area contributed by atoms with Crippen LogP contribution in [0.5, 0.6) is 5.75 Å². The Morgan fingerprint density at radius 1 is 1.22 bits per heavy atom. The monoisotopic (exact) mass is 475 g/mol. The second-order valence-electron chi connectivity index (χ2n) is 7.34. The second-order valence-corrected chi connectivity index (χ2v) is 10.1. The Morgan fingerprint density at radius 3 is 2.75 bits per heavy atom. The van der Waals surface area contributed by atoms with Crippen LogP contribution in [0.15, 0.2) is 45.7 Å². The number of thioether (sulfide) groups is 1. The van der Waals surface area contributed by atoms with Gasteiger partial charge in [0.25, 0.3) is 15.9 Å². The van der Waals surface area contributed by atoms with Crippen LogP contribution in [-0.2, 0) is 19.6 Å². The maximum atomic E-state index is 12.6. The number of hydrogen-bond donors (Lipinski definition) is 1. The molecule has 32 heavy (non-hydrogen) atoms. The van der Waals surface area contributed by atoms with Crippen LogP contribution in [0.3, 0.4) is 0 Å². The topological polar surface area (TPSA) is 114 Å². The predicted octanol–water partition coefficient (Wildman–Crippen LogP) is 2.80. The molecule has 0 aliphatic carbocycles. The van der Waals surface area contributed by atoms with Crippen LogP contribution in [0.25, 0.3) is 0 Å². The van der Waals surface area contributed by atoms with E-state index in [0.717, 1.165) is 11.3 Å². The number of rotatable bonds is 5. The molecule has 4 rings (SSSR count). The van der Waals surface area contributed by atoms with Crippen LogP contribution in [0, 0.1) is 6.92 Å². The van der Waals surface area contributed by atoms with Crippen LogP contribution in [0.2, 0.25) is 0 Å². The minimum Gasteiger partial charge on any atom is -0.495 e. The molecule has 1 unspecified atom stereocenters. The summed E-state index contributed by atoms with van der Waals surface area (Å²) in [7, 11) is -1.96. The van der Waals surface area contributed by atoms with Crippen molar-refractivity contribution in [2.24, 2.45) is 4.40 Å². The Balaban J connectivity index is 1.45. The second kappa shape index (κ2) is 8.47. The van der Waals surface area contributed by atoms with Gasteiger partial charge in [-0.1, -0.05) is 6.07 Å². The lowest BCUT2D eigenvalue weighted by molar-refractivity contribution is -0.123. The third-order valence-corrected chi connectivity index (χ3v) is 7.28. The highest BCUT2D eigenvalue weighted by Crippen LogP contribution is 2.42. The van der Waals surface area contributed by atoms with Crippen molar-refractivity contribution in [1.29, 1.82) is 0 Å². The number of carbonyl (C=O) groups is 2. The van der Waals surface area contributed by atoms with E-state index in [-0.39, 0.29) is 11.3 Å². The van der Waals surface area contributed by atoms with E-state index in [0.29, 0.717) is 28.0 Å². The van der Waals surface area contributed by atoms with E-state index in [2.05, 4.69) is 9.71 Å². The van der Waals surface area contributed by atoms with Crippen molar-refractivity contribution >= 4 is 50.2 Å². The summed E-state index contributed by atoms with van der Waals surface area (Å²) in [6.07, 6.45) is -1.05. The highest BCUT2D eigenvalue weighted by molar-refractivity contribution is 8.15. The van der Waals surface area contributed by atoms with Gasteiger partial charge in [0, 0.05) is 11.4 Å². The molecule has 0 aromatic heterocycles. The Bertz CT molecular complexity index is 1240. The van der Waals surface area contributed by atoms with Gasteiger partial charge in [-0.05, 0) is 61.5 Å². The summed E-state index contributed by atoms with van der Waals surface area (Å²) in [4.78, 5) is 27.7. The first-order valence-corrected chi connectivity index (χ1v) is 12.2. The van der Waals surface area contributed by atoms with Gasteiger partial charge in [0.2, 0.25) is 0 Å². The fourth-order valence-electron chi connectivity index (χ4n) is 3.29. The molecule has 0 spiro atoms. The summed E-state index contributed by atoms with van der Waals surface area (Å²) in [5, 5.41) is 3.09. The third kappa shape index (κ3) is 4.44. The number of fused-ring (bicyclic) bond motifs is 3. The first kappa shape index (κ1) is 22.2. The van der Waals surface area contributed by atoms with Gasteiger partial charge >= 0.3 is 5.97 Å². The number of amides is 1. The van der Waals surface area contributed by atoms with Gasteiger partial charge in [-0.25, -0.2) is 13.2 Å². The molecule has 11 heteroatoms. The molecular formula is C21H21N3O6S2. The van der Waals surface area contributed by atoms with Crippen molar-refractivity contribution in [3.63, 3.8) is 0 Å². The predicted molar refractivity (Wildman–Crippen MR) is 122 cm³/mol. The number of methoxy groups -OCH3 is 1. The number of benzene rings is 2. The van der Waals surface area contributed by atoms with Gasteiger partial charge in [-0.3, -0.25) is 4.79 Å². The normalized spacial score (nSPS) is 17.0. The summed E-state index contributed by atoms with van der Waals surface area (Å²) < 4.78 is 37.9. The molecule has 1 amide bonds. The minimum atomic E-state index is -3.46. The maximum absolute atomic E-state index is 12.6. The van der Waals surface area contributed by atoms with Crippen molar-refractivity contribution in [2.75, 3.05) is 29.6 Å². The van der Waals surface area contributed by atoms with Gasteiger partial charge in [0.15, 0.2) is 11.3 Å². The van der Waals surface area contributed by atoms with E-state index >= 15 is 0 Å². The summed E-state index contributed by atoms with van der Waals surface area (Å²) in [5.74, 6) is -0.709. The molecule has 0 radical (unpaired) electrons.